The van der Waals surface area contributed by atoms with Crippen LogP contribution < -0.4 is 5.32 Å². The van der Waals surface area contributed by atoms with Crippen LogP contribution in [0.5, 0.6) is 0 Å². The van der Waals surface area contributed by atoms with Gasteiger partial charge in [-0.1, -0.05) is 24.3 Å². The van der Waals surface area contributed by atoms with Gasteiger partial charge >= 0.3 is 0 Å². The van der Waals surface area contributed by atoms with E-state index >= 15 is 0 Å². The summed E-state index contributed by atoms with van der Waals surface area (Å²) in [5.41, 5.74) is 3.67. The molecular formula is C15H15N3. The van der Waals surface area contributed by atoms with Crippen LogP contribution in [0.4, 0.5) is 5.69 Å². The predicted molar refractivity (Wildman–Crippen MR) is 72.2 cm³/mol. The van der Waals surface area contributed by atoms with Crippen molar-refractivity contribution in [1.29, 1.82) is 5.26 Å². The molecule has 90 valence electrons. The number of anilines is 1. The second-order valence-corrected chi connectivity index (χ2v) is 4.23. The lowest BCUT2D eigenvalue weighted by Gasteiger charge is -2.18. The minimum absolute atomic E-state index is 0.141. The molecule has 0 aliphatic carbocycles. The van der Waals surface area contributed by atoms with Gasteiger partial charge in [0.05, 0.1) is 5.69 Å². The molecule has 1 heterocycles. The van der Waals surface area contributed by atoms with Crippen LogP contribution in [-0.2, 0) is 0 Å². The van der Waals surface area contributed by atoms with Gasteiger partial charge in [-0.05, 0) is 37.1 Å². The van der Waals surface area contributed by atoms with E-state index in [9.17, 15) is 0 Å². The molecule has 3 nitrogen and oxygen atoms in total. The average molecular weight is 237 g/mol. The fourth-order valence-electron chi connectivity index (χ4n) is 1.99. The molecule has 0 saturated carbocycles. The fraction of sp³-hybridized carbons (Fsp3) is 0.200. The van der Waals surface area contributed by atoms with Crippen LogP contribution in [0.2, 0.25) is 0 Å². The van der Waals surface area contributed by atoms with Crippen molar-refractivity contribution in [2.45, 2.75) is 19.9 Å². The maximum absolute atomic E-state index is 9.00. The molecule has 1 N–H and O–H groups in total. The van der Waals surface area contributed by atoms with Gasteiger partial charge in [-0.15, -0.1) is 0 Å². The molecule has 0 spiro atoms. The summed E-state index contributed by atoms with van der Waals surface area (Å²) in [6.07, 6.45) is 1.63. The molecular weight excluding hydrogens is 222 g/mol. The predicted octanol–water partition coefficient (Wildman–Crippen LogP) is 3.43. The number of aromatic nitrogens is 1. The molecule has 0 fully saturated rings. The van der Waals surface area contributed by atoms with Gasteiger partial charge in [0.25, 0.3) is 0 Å². The standard InChI is InChI=1S/C15H15N3/c1-11-6-3-4-7-13(11)12(2)18-14-8-5-9-17-15(14)10-16/h3-9,12,18H,1-2H3. The quantitative estimate of drug-likeness (QED) is 0.889. The van der Waals surface area contributed by atoms with Crippen molar-refractivity contribution < 1.29 is 0 Å². The highest BCUT2D eigenvalue weighted by molar-refractivity contribution is 5.54. The molecule has 0 radical (unpaired) electrons. The number of pyridine rings is 1. The molecule has 1 unspecified atom stereocenters. The van der Waals surface area contributed by atoms with E-state index in [-0.39, 0.29) is 6.04 Å². The number of nitrogens with one attached hydrogen (secondary N) is 1. The van der Waals surface area contributed by atoms with Crippen LogP contribution in [0.25, 0.3) is 0 Å². The van der Waals surface area contributed by atoms with Crippen LogP contribution in [0, 0.1) is 18.3 Å². The summed E-state index contributed by atoms with van der Waals surface area (Å²) in [7, 11) is 0. The lowest BCUT2D eigenvalue weighted by Crippen LogP contribution is -2.09. The first kappa shape index (κ1) is 12.1. The number of benzene rings is 1. The van der Waals surface area contributed by atoms with E-state index in [1.165, 1.54) is 11.1 Å². The van der Waals surface area contributed by atoms with Gasteiger partial charge in [0.2, 0.25) is 0 Å². The number of nitrogens with zero attached hydrogens (tertiary/aromatic N) is 2. The second kappa shape index (κ2) is 5.33. The summed E-state index contributed by atoms with van der Waals surface area (Å²) < 4.78 is 0. The zero-order chi connectivity index (χ0) is 13.0. The molecule has 0 aliphatic rings. The van der Waals surface area contributed by atoms with Gasteiger partial charge in [-0.2, -0.15) is 5.26 Å². The van der Waals surface area contributed by atoms with E-state index in [2.05, 4.69) is 42.4 Å². The van der Waals surface area contributed by atoms with Crippen molar-refractivity contribution in [3.63, 3.8) is 0 Å². The monoisotopic (exact) mass is 237 g/mol. The topological polar surface area (TPSA) is 48.7 Å². The minimum atomic E-state index is 0.141. The minimum Gasteiger partial charge on any atom is -0.376 e. The number of hydrogen-bond donors (Lipinski definition) is 1. The number of nitriles is 1. The van der Waals surface area contributed by atoms with Crippen molar-refractivity contribution >= 4 is 5.69 Å². The Bertz CT molecular complexity index is 584. The highest BCUT2D eigenvalue weighted by Crippen LogP contribution is 2.22. The average Bonchev–Trinajstić information content (AvgIpc) is 2.39. The third-order valence-electron chi connectivity index (χ3n) is 2.94. The largest absolute Gasteiger partial charge is 0.376 e. The molecule has 0 amide bonds. The van der Waals surface area contributed by atoms with E-state index in [4.69, 9.17) is 5.26 Å². The van der Waals surface area contributed by atoms with Gasteiger partial charge in [-0.3, -0.25) is 0 Å². The van der Waals surface area contributed by atoms with Gasteiger partial charge in [0, 0.05) is 12.2 Å². The van der Waals surface area contributed by atoms with Crippen LogP contribution in [0.1, 0.15) is 29.8 Å². The van der Waals surface area contributed by atoms with Crippen molar-refractivity contribution in [3.8, 4) is 6.07 Å². The Morgan fingerprint density at radius 3 is 2.72 bits per heavy atom. The third kappa shape index (κ3) is 2.49. The first-order valence-electron chi connectivity index (χ1n) is 5.89. The van der Waals surface area contributed by atoms with E-state index in [1.54, 1.807) is 6.20 Å². The summed E-state index contributed by atoms with van der Waals surface area (Å²) in [5.74, 6) is 0. The molecule has 1 aromatic heterocycles. The maximum Gasteiger partial charge on any atom is 0.163 e. The van der Waals surface area contributed by atoms with Gasteiger partial charge in [0.15, 0.2) is 5.69 Å². The zero-order valence-corrected chi connectivity index (χ0v) is 10.5. The van der Waals surface area contributed by atoms with Crippen molar-refractivity contribution in [2.24, 2.45) is 0 Å². The number of hydrogen-bond acceptors (Lipinski definition) is 3. The lowest BCUT2D eigenvalue weighted by molar-refractivity contribution is 0.871. The smallest absolute Gasteiger partial charge is 0.163 e. The summed E-state index contributed by atoms with van der Waals surface area (Å²) in [6.45, 7) is 4.17. The lowest BCUT2D eigenvalue weighted by atomic mass is 10.0. The Hall–Kier alpha value is -2.34. The third-order valence-corrected chi connectivity index (χ3v) is 2.94. The van der Waals surface area contributed by atoms with Gasteiger partial charge in [0.1, 0.15) is 6.07 Å². The van der Waals surface area contributed by atoms with Crippen molar-refractivity contribution in [3.05, 3.63) is 59.4 Å². The van der Waals surface area contributed by atoms with Gasteiger partial charge < -0.3 is 5.32 Å². The fourth-order valence-corrected chi connectivity index (χ4v) is 1.99. The first-order valence-corrected chi connectivity index (χ1v) is 5.89. The summed E-state index contributed by atoms with van der Waals surface area (Å²) in [4.78, 5) is 4.04. The number of rotatable bonds is 3. The number of aryl methyl sites for hydroxylation is 1. The molecule has 1 aromatic carbocycles. The Kier molecular flexibility index (Phi) is 3.59. The zero-order valence-electron chi connectivity index (χ0n) is 10.5. The Morgan fingerprint density at radius 2 is 2.00 bits per heavy atom. The Morgan fingerprint density at radius 1 is 1.22 bits per heavy atom. The molecule has 18 heavy (non-hydrogen) atoms. The highest BCUT2D eigenvalue weighted by atomic mass is 14.9. The molecule has 3 heteroatoms. The van der Waals surface area contributed by atoms with Gasteiger partial charge in [-0.25, -0.2) is 4.98 Å². The second-order valence-electron chi connectivity index (χ2n) is 4.23. The van der Waals surface area contributed by atoms with Crippen LogP contribution in [0.15, 0.2) is 42.6 Å². The van der Waals surface area contributed by atoms with Crippen molar-refractivity contribution in [1.82, 2.24) is 4.98 Å². The van der Waals surface area contributed by atoms with Crippen LogP contribution in [-0.4, -0.2) is 4.98 Å². The normalized spacial score (nSPS) is 11.6. The van der Waals surface area contributed by atoms with Crippen LogP contribution in [0.3, 0.4) is 0 Å². The molecule has 2 aromatic rings. The maximum atomic E-state index is 9.00. The summed E-state index contributed by atoms with van der Waals surface area (Å²) in [5, 5.41) is 12.3. The summed E-state index contributed by atoms with van der Waals surface area (Å²) >= 11 is 0. The van der Waals surface area contributed by atoms with E-state index in [0.717, 1.165) is 5.69 Å². The highest BCUT2D eigenvalue weighted by Gasteiger charge is 2.10. The molecule has 1 atom stereocenters. The first-order chi connectivity index (χ1) is 8.72. The van der Waals surface area contributed by atoms with E-state index in [1.807, 2.05) is 24.3 Å². The summed E-state index contributed by atoms with van der Waals surface area (Å²) in [6, 6.07) is 14.2. The van der Waals surface area contributed by atoms with E-state index in [0.29, 0.717) is 5.69 Å². The SMILES string of the molecule is Cc1ccccc1C(C)Nc1cccnc1C#N. The Labute approximate surface area is 107 Å². The molecule has 2 rings (SSSR count). The Balaban J connectivity index is 2.25. The van der Waals surface area contributed by atoms with Crippen molar-refractivity contribution in [2.75, 3.05) is 5.32 Å². The van der Waals surface area contributed by atoms with E-state index < -0.39 is 0 Å². The molecule has 0 bridgehead atoms. The van der Waals surface area contributed by atoms with Crippen LogP contribution >= 0.6 is 0 Å². The molecule has 0 saturated heterocycles. The molecule has 0 aliphatic heterocycles.